The lowest BCUT2D eigenvalue weighted by Crippen LogP contribution is -2.37. The number of fused-ring (bicyclic) bond motifs is 1. The predicted molar refractivity (Wildman–Crippen MR) is 101 cm³/mol. The number of hydrazone groups is 1. The summed E-state index contributed by atoms with van der Waals surface area (Å²) < 4.78 is 2.06. The van der Waals surface area contributed by atoms with E-state index in [9.17, 15) is 24.6 Å². The molecule has 1 amide bonds. The first-order valence-electron chi connectivity index (χ1n) is 7.92. The van der Waals surface area contributed by atoms with E-state index in [4.69, 9.17) is 5.73 Å². The van der Waals surface area contributed by atoms with Gasteiger partial charge in [-0.15, -0.1) is 0 Å². The Bertz CT molecular complexity index is 1260. The average molecular weight is 384 g/mol. The van der Waals surface area contributed by atoms with Gasteiger partial charge in [-0.3, -0.25) is 18.7 Å². The Labute approximate surface area is 157 Å². The van der Waals surface area contributed by atoms with Gasteiger partial charge in [0.05, 0.1) is 17.2 Å². The summed E-state index contributed by atoms with van der Waals surface area (Å²) in [7, 11) is 2.76. The van der Waals surface area contributed by atoms with E-state index in [-0.39, 0.29) is 33.9 Å². The second kappa shape index (κ2) is 6.87. The van der Waals surface area contributed by atoms with E-state index in [2.05, 4.69) is 15.5 Å². The molecule has 0 atom stereocenters. The molecular weight excluding hydrogens is 368 g/mol. The molecule has 0 fully saturated rings. The van der Waals surface area contributed by atoms with E-state index >= 15 is 0 Å². The van der Waals surface area contributed by atoms with Crippen molar-refractivity contribution in [1.82, 2.24) is 19.5 Å². The number of anilines is 1. The highest BCUT2D eigenvalue weighted by Gasteiger charge is 2.17. The number of pyridine rings is 1. The van der Waals surface area contributed by atoms with Gasteiger partial charge in [0, 0.05) is 14.1 Å². The molecule has 0 saturated heterocycles. The molecule has 2 aromatic heterocycles. The number of nitrogens with zero attached hydrogens (tertiary/aromatic N) is 4. The number of phenols is 2. The molecule has 11 nitrogen and oxygen atoms in total. The summed E-state index contributed by atoms with van der Waals surface area (Å²) in [5.74, 6) is -1.51. The van der Waals surface area contributed by atoms with E-state index in [0.29, 0.717) is 5.56 Å². The zero-order valence-electron chi connectivity index (χ0n) is 14.9. The van der Waals surface area contributed by atoms with Crippen LogP contribution in [0.15, 0.2) is 39.0 Å². The van der Waals surface area contributed by atoms with Crippen molar-refractivity contribution in [3.05, 3.63) is 56.2 Å². The second-order valence-corrected chi connectivity index (χ2v) is 5.95. The Hall–Kier alpha value is -4.15. The van der Waals surface area contributed by atoms with Crippen LogP contribution in [0.3, 0.4) is 0 Å². The molecule has 28 heavy (non-hydrogen) atoms. The molecule has 0 unspecified atom stereocenters. The first-order valence-corrected chi connectivity index (χ1v) is 7.92. The molecule has 5 N–H and O–H groups in total. The van der Waals surface area contributed by atoms with E-state index in [1.165, 1.54) is 44.6 Å². The van der Waals surface area contributed by atoms with Gasteiger partial charge in [0.25, 0.3) is 11.5 Å². The van der Waals surface area contributed by atoms with E-state index in [1.54, 1.807) is 0 Å². The van der Waals surface area contributed by atoms with Crippen LogP contribution in [0.1, 0.15) is 15.9 Å². The molecule has 144 valence electrons. The summed E-state index contributed by atoms with van der Waals surface area (Å²) in [4.78, 5) is 40.6. The third-order valence-electron chi connectivity index (χ3n) is 4.08. The van der Waals surface area contributed by atoms with Gasteiger partial charge in [0.1, 0.15) is 5.82 Å². The summed E-state index contributed by atoms with van der Waals surface area (Å²) in [6.45, 7) is 0. The quantitative estimate of drug-likeness (QED) is 0.266. The second-order valence-electron chi connectivity index (χ2n) is 5.95. The molecule has 11 heteroatoms. The van der Waals surface area contributed by atoms with Crippen molar-refractivity contribution in [1.29, 1.82) is 0 Å². The van der Waals surface area contributed by atoms with Gasteiger partial charge in [-0.05, 0) is 29.8 Å². The van der Waals surface area contributed by atoms with E-state index in [1.807, 2.05) is 0 Å². The number of phenolic OH excluding ortho intramolecular Hbond substituents is 2. The van der Waals surface area contributed by atoms with Crippen molar-refractivity contribution in [2.75, 3.05) is 5.73 Å². The van der Waals surface area contributed by atoms with Crippen molar-refractivity contribution in [3.8, 4) is 11.5 Å². The molecule has 0 saturated carbocycles. The Kier molecular flexibility index (Phi) is 4.57. The number of amides is 1. The number of nitrogens with two attached hydrogens (primary N) is 1. The lowest BCUT2D eigenvalue weighted by molar-refractivity contribution is 0.0956. The van der Waals surface area contributed by atoms with Crippen LogP contribution in [0.4, 0.5) is 5.82 Å². The van der Waals surface area contributed by atoms with Crippen molar-refractivity contribution < 1.29 is 15.0 Å². The minimum absolute atomic E-state index is 0.0522. The fourth-order valence-electron chi connectivity index (χ4n) is 2.54. The third kappa shape index (κ3) is 3.16. The summed E-state index contributed by atoms with van der Waals surface area (Å²) >= 11 is 0. The number of hydrogen-bond acceptors (Lipinski definition) is 8. The molecule has 0 radical (unpaired) electrons. The van der Waals surface area contributed by atoms with Crippen LogP contribution < -0.4 is 22.4 Å². The molecule has 3 aromatic rings. The molecule has 0 aliphatic rings. The predicted octanol–water partition coefficient (Wildman–Crippen LogP) is -0.611. The van der Waals surface area contributed by atoms with Crippen LogP contribution in [0.5, 0.6) is 11.5 Å². The molecular formula is C17H16N6O5. The largest absolute Gasteiger partial charge is 0.504 e. The van der Waals surface area contributed by atoms with Crippen molar-refractivity contribution >= 4 is 29.0 Å². The Morgan fingerprint density at radius 1 is 1.18 bits per heavy atom. The van der Waals surface area contributed by atoms with Gasteiger partial charge in [0.15, 0.2) is 17.1 Å². The number of aromatic nitrogens is 3. The maximum absolute atomic E-state index is 12.4. The van der Waals surface area contributed by atoms with Crippen LogP contribution >= 0.6 is 0 Å². The molecule has 0 bridgehead atoms. The summed E-state index contributed by atoms with van der Waals surface area (Å²) in [6.07, 6.45) is 1.24. The number of nitrogens with one attached hydrogen (secondary N) is 1. The minimum atomic E-state index is -0.720. The van der Waals surface area contributed by atoms with Gasteiger partial charge in [-0.2, -0.15) is 5.10 Å². The molecule has 1 aromatic carbocycles. The number of benzene rings is 1. The van der Waals surface area contributed by atoms with Crippen LogP contribution in [0, 0.1) is 0 Å². The number of carbonyl (C=O) groups excluding carboxylic acids is 1. The van der Waals surface area contributed by atoms with Crippen molar-refractivity contribution in [2.24, 2.45) is 19.2 Å². The van der Waals surface area contributed by atoms with Crippen LogP contribution in [-0.2, 0) is 14.1 Å². The molecule has 0 aliphatic carbocycles. The van der Waals surface area contributed by atoms with E-state index < -0.39 is 17.2 Å². The van der Waals surface area contributed by atoms with Crippen LogP contribution in [0.2, 0.25) is 0 Å². The molecule has 2 heterocycles. The fraction of sp³-hybridized carbons (Fsp3) is 0.118. The maximum Gasteiger partial charge on any atom is 0.332 e. The fourth-order valence-corrected chi connectivity index (χ4v) is 2.54. The summed E-state index contributed by atoms with van der Waals surface area (Å²) in [6, 6.07) is 5.24. The minimum Gasteiger partial charge on any atom is -0.504 e. The SMILES string of the molecule is Cn1c(=O)c2cc(C(=O)N/N=C\c3ccc(O)c(O)c3)c(N)nc2n(C)c1=O. The van der Waals surface area contributed by atoms with Gasteiger partial charge in [0.2, 0.25) is 0 Å². The standard InChI is InChI=1S/C17H16N6O5/c1-22-14-10(16(27)23(2)17(22)28)6-9(13(18)20-14)15(26)21-19-7-8-3-4-11(24)12(25)5-8/h3-7,24-25H,1-2H3,(H2,18,20)(H,21,26)/b19-7-. The molecule has 0 aliphatic heterocycles. The van der Waals surface area contributed by atoms with Crippen molar-refractivity contribution in [2.45, 2.75) is 0 Å². The van der Waals surface area contributed by atoms with Gasteiger partial charge in [-0.1, -0.05) is 0 Å². The number of hydrogen-bond donors (Lipinski definition) is 4. The average Bonchev–Trinajstić information content (AvgIpc) is 2.67. The number of carbonyl (C=O) groups is 1. The zero-order chi connectivity index (χ0) is 20.6. The highest BCUT2D eigenvalue weighted by molar-refractivity contribution is 6.01. The first-order chi connectivity index (χ1) is 13.2. The Morgan fingerprint density at radius 2 is 1.89 bits per heavy atom. The normalized spacial score (nSPS) is 11.2. The highest BCUT2D eigenvalue weighted by atomic mass is 16.3. The molecule has 3 rings (SSSR count). The van der Waals surface area contributed by atoms with Gasteiger partial charge < -0.3 is 15.9 Å². The first kappa shape index (κ1) is 18.6. The van der Waals surface area contributed by atoms with E-state index in [0.717, 1.165) is 9.13 Å². The number of aromatic hydroxyl groups is 2. The Balaban J connectivity index is 1.94. The Morgan fingerprint density at radius 3 is 2.57 bits per heavy atom. The smallest absolute Gasteiger partial charge is 0.332 e. The lowest BCUT2D eigenvalue weighted by Gasteiger charge is -2.09. The summed E-state index contributed by atoms with van der Waals surface area (Å²) in [5, 5.41) is 22.5. The number of rotatable bonds is 3. The number of aryl methyl sites for hydroxylation is 1. The van der Waals surface area contributed by atoms with Crippen LogP contribution in [0.25, 0.3) is 11.0 Å². The van der Waals surface area contributed by atoms with Crippen LogP contribution in [-0.4, -0.2) is 36.5 Å². The zero-order valence-corrected chi connectivity index (χ0v) is 14.9. The van der Waals surface area contributed by atoms with Gasteiger partial charge in [-0.25, -0.2) is 15.2 Å². The maximum atomic E-state index is 12.4. The van der Waals surface area contributed by atoms with Gasteiger partial charge >= 0.3 is 5.69 Å². The third-order valence-corrected chi connectivity index (χ3v) is 4.08. The summed E-state index contributed by atoms with van der Waals surface area (Å²) in [5.41, 5.74) is 7.26. The monoisotopic (exact) mass is 384 g/mol. The topological polar surface area (TPSA) is 165 Å². The van der Waals surface area contributed by atoms with Crippen molar-refractivity contribution in [3.63, 3.8) is 0 Å². The number of nitrogen functional groups attached to an aromatic ring is 1. The molecule has 0 spiro atoms. The highest BCUT2D eigenvalue weighted by Crippen LogP contribution is 2.24. The lowest BCUT2D eigenvalue weighted by atomic mass is 10.2.